The van der Waals surface area contributed by atoms with Gasteiger partial charge in [0, 0.05) is 0 Å². The Morgan fingerprint density at radius 1 is 1.29 bits per heavy atom. The molecule has 4 nitrogen and oxygen atoms in total. The molecule has 2 amide bonds. The van der Waals surface area contributed by atoms with E-state index < -0.39 is 5.41 Å². The predicted molar refractivity (Wildman–Crippen MR) is 68.2 cm³/mol. The number of hydrogen-bond acceptors (Lipinski definition) is 3. The predicted octanol–water partition coefficient (Wildman–Crippen LogP) is 1.41. The molecule has 0 saturated carbocycles. The standard InChI is InChI=1S/C12H16N2O2S/c1-2-12(8-6-4-3-5-7-8)9(15)13-11(17)14-10(12)16/h6H,2-5,7H2,1H3,(H2,13,14,15,16,17). The first-order chi connectivity index (χ1) is 8.11. The zero-order valence-electron chi connectivity index (χ0n) is 9.84. The Labute approximate surface area is 106 Å². The topological polar surface area (TPSA) is 58.2 Å². The van der Waals surface area contributed by atoms with Crippen molar-refractivity contribution in [1.82, 2.24) is 10.6 Å². The lowest BCUT2D eigenvalue weighted by Crippen LogP contribution is -2.62. The molecular weight excluding hydrogens is 236 g/mol. The van der Waals surface area contributed by atoms with E-state index in [1.165, 1.54) is 0 Å². The maximum absolute atomic E-state index is 12.2. The van der Waals surface area contributed by atoms with Crippen molar-refractivity contribution in [2.45, 2.75) is 39.0 Å². The van der Waals surface area contributed by atoms with E-state index in [0.29, 0.717) is 6.42 Å². The van der Waals surface area contributed by atoms with Gasteiger partial charge < -0.3 is 10.6 Å². The summed E-state index contributed by atoms with van der Waals surface area (Å²) in [4.78, 5) is 24.3. The molecule has 5 heteroatoms. The average molecular weight is 252 g/mol. The molecule has 17 heavy (non-hydrogen) atoms. The molecule has 92 valence electrons. The Hall–Kier alpha value is -1.23. The van der Waals surface area contributed by atoms with Gasteiger partial charge in [0.15, 0.2) is 5.11 Å². The van der Waals surface area contributed by atoms with Gasteiger partial charge in [-0.25, -0.2) is 0 Å². The Kier molecular flexibility index (Phi) is 3.28. The van der Waals surface area contributed by atoms with Crippen LogP contribution < -0.4 is 10.6 Å². The van der Waals surface area contributed by atoms with Crippen LogP contribution in [0.5, 0.6) is 0 Å². The second kappa shape index (κ2) is 4.56. The number of rotatable bonds is 2. The molecule has 0 unspecified atom stereocenters. The Morgan fingerprint density at radius 2 is 1.94 bits per heavy atom. The van der Waals surface area contributed by atoms with E-state index in [9.17, 15) is 9.59 Å². The smallest absolute Gasteiger partial charge is 0.245 e. The lowest BCUT2D eigenvalue weighted by molar-refractivity contribution is -0.141. The van der Waals surface area contributed by atoms with Crippen molar-refractivity contribution in [2.24, 2.45) is 5.41 Å². The van der Waals surface area contributed by atoms with Crippen LogP contribution in [0.4, 0.5) is 0 Å². The van der Waals surface area contributed by atoms with Crippen LogP contribution in [0.3, 0.4) is 0 Å². The maximum Gasteiger partial charge on any atom is 0.245 e. The Morgan fingerprint density at radius 3 is 2.41 bits per heavy atom. The van der Waals surface area contributed by atoms with Crippen molar-refractivity contribution in [3.8, 4) is 0 Å². The molecule has 0 aromatic rings. The first-order valence-electron chi connectivity index (χ1n) is 5.97. The number of amides is 2. The van der Waals surface area contributed by atoms with Crippen LogP contribution in [-0.4, -0.2) is 16.9 Å². The van der Waals surface area contributed by atoms with Crippen molar-refractivity contribution in [2.75, 3.05) is 0 Å². The summed E-state index contributed by atoms with van der Waals surface area (Å²) >= 11 is 4.83. The van der Waals surface area contributed by atoms with E-state index >= 15 is 0 Å². The highest BCUT2D eigenvalue weighted by Crippen LogP contribution is 2.39. The van der Waals surface area contributed by atoms with Gasteiger partial charge in [0.1, 0.15) is 5.41 Å². The van der Waals surface area contributed by atoms with Gasteiger partial charge >= 0.3 is 0 Å². The normalized spacial score (nSPS) is 23.8. The third kappa shape index (κ3) is 1.88. The van der Waals surface area contributed by atoms with Crippen molar-refractivity contribution < 1.29 is 9.59 Å². The van der Waals surface area contributed by atoms with Crippen LogP contribution in [0.15, 0.2) is 11.6 Å². The van der Waals surface area contributed by atoms with Crippen molar-refractivity contribution in [3.05, 3.63) is 11.6 Å². The number of hydrogen-bond donors (Lipinski definition) is 2. The molecule has 1 fully saturated rings. The van der Waals surface area contributed by atoms with Crippen LogP contribution in [0, 0.1) is 5.41 Å². The molecule has 2 N–H and O–H groups in total. The first-order valence-corrected chi connectivity index (χ1v) is 6.38. The molecule has 0 spiro atoms. The molecule has 0 atom stereocenters. The minimum atomic E-state index is -1.04. The van der Waals surface area contributed by atoms with Gasteiger partial charge in [0.25, 0.3) is 0 Å². The monoisotopic (exact) mass is 252 g/mol. The van der Waals surface area contributed by atoms with Crippen LogP contribution in [-0.2, 0) is 9.59 Å². The number of allylic oxidation sites excluding steroid dienone is 1. The highest BCUT2D eigenvalue weighted by molar-refractivity contribution is 7.80. The van der Waals surface area contributed by atoms with E-state index in [0.717, 1.165) is 31.3 Å². The summed E-state index contributed by atoms with van der Waals surface area (Å²) in [6.45, 7) is 1.86. The quantitative estimate of drug-likeness (QED) is 0.444. The minimum Gasteiger partial charge on any atom is -0.302 e. The first kappa shape index (κ1) is 12.2. The molecule has 2 aliphatic rings. The SMILES string of the molecule is CCC1(C2=CCCCC2)C(=O)NC(=S)NC1=O. The zero-order valence-corrected chi connectivity index (χ0v) is 10.7. The van der Waals surface area contributed by atoms with Crippen LogP contribution in [0.2, 0.25) is 0 Å². The van der Waals surface area contributed by atoms with Gasteiger partial charge in [-0.1, -0.05) is 13.0 Å². The summed E-state index contributed by atoms with van der Waals surface area (Å²) in [6, 6.07) is 0. The molecule has 1 aliphatic carbocycles. The summed E-state index contributed by atoms with van der Waals surface area (Å²) in [5.41, 5.74) is -0.0910. The lowest BCUT2D eigenvalue weighted by Gasteiger charge is -2.37. The van der Waals surface area contributed by atoms with Crippen LogP contribution >= 0.6 is 12.2 Å². The van der Waals surface area contributed by atoms with Crippen LogP contribution in [0.25, 0.3) is 0 Å². The summed E-state index contributed by atoms with van der Waals surface area (Å²) in [7, 11) is 0. The second-order valence-corrected chi connectivity index (χ2v) is 4.88. The molecule has 2 rings (SSSR count). The lowest BCUT2D eigenvalue weighted by atomic mass is 9.71. The summed E-state index contributed by atoms with van der Waals surface area (Å²) in [6.07, 6.45) is 6.45. The minimum absolute atomic E-state index is 0.112. The van der Waals surface area contributed by atoms with Crippen molar-refractivity contribution in [3.63, 3.8) is 0 Å². The van der Waals surface area contributed by atoms with Gasteiger partial charge in [-0.05, 0) is 49.9 Å². The van der Waals surface area contributed by atoms with E-state index in [2.05, 4.69) is 10.6 Å². The zero-order chi connectivity index (χ0) is 12.5. The highest BCUT2D eigenvalue weighted by atomic mass is 32.1. The van der Waals surface area contributed by atoms with Crippen molar-refractivity contribution >= 4 is 29.1 Å². The molecule has 0 bridgehead atoms. The van der Waals surface area contributed by atoms with Gasteiger partial charge in [0.05, 0.1) is 0 Å². The Balaban J connectivity index is 2.41. The van der Waals surface area contributed by atoms with E-state index in [1.807, 2.05) is 13.0 Å². The summed E-state index contributed by atoms with van der Waals surface area (Å²) in [5.74, 6) is -0.552. The third-order valence-electron chi connectivity index (χ3n) is 3.60. The highest BCUT2D eigenvalue weighted by Gasteiger charge is 2.50. The van der Waals surface area contributed by atoms with E-state index in [1.54, 1.807) is 0 Å². The van der Waals surface area contributed by atoms with E-state index in [4.69, 9.17) is 12.2 Å². The van der Waals surface area contributed by atoms with Crippen LogP contribution in [0.1, 0.15) is 39.0 Å². The number of carbonyl (C=O) groups is 2. The van der Waals surface area contributed by atoms with Crippen molar-refractivity contribution in [1.29, 1.82) is 0 Å². The molecule has 1 saturated heterocycles. The largest absolute Gasteiger partial charge is 0.302 e. The molecule has 1 aliphatic heterocycles. The average Bonchev–Trinajstić information content (AvgIpc) is 2.30. The fourth-order valence-corrected chi connectivity index (χ4v) is 2.80. The fraction of sp³-hybridized carbons (Fsp3) is 0.583. The molecule has 0 aromatic carbocycles. The van der Waals surface area contributed by atoms with Gasteiger partial charge in [-0.15, -0.1) is 0 Å². The van der Waals surface area contributed by atoms with E-state index in [-0.39, 0.29) is 16.9 Å². The third-order valence-corrected chi connectivity index (χ3v) is 3.80. The fourth-order valence-electron chi connectivity index (χ4n) is 2.62. The molecule has 0 aromatic heterocycles. The number of nitrogens with one attached hydrogen (secondary N) is 2. The number of carbonyl (C=O) groups excluding carboxylic acids is 2. The molecule has 0 radical (unpaired) electrons. The van der Waals surface area contributed by atoms with Gasteiger partial charge in [-0.2, -0.15) is 0 Å². The Bertz CT molecular complexity index is 395. The molecular formula is C12H16N2O2S. The second-order valence-electron chi connectivity index (χ2n) is 4.47. The summed E-state index contributed by atoms with van der Waals surface area (Å²) < 4.78 is 0. The summed E-state index contributed by atoms with van der Waals surface area (Å²) in [5, 5.41) is 5.25. The van der Waals surface area contributed by atoms with Gasteiger partial charge in [-0.3, -0.25) is 9.59 Å². The maximum atomic E-state index is 12.2. The number of thiocarbonyl (C=S) groups is 1. The van der Waals surface area contributed by atoms with Gasteiger partial charge in [0.2, 0.25) is 11.8 Å². The molecule has 1 heterocycles.